The van der Waals surface area contributed by atoms with Gasteiger partial charge in [-0.3, -0.25) is 0 Å². The van der Waals surface area contributed by atoms with E-state index in [1.54, 1.807) is 0 Å². The summed E-state index contributed by atoms with van der Waals surface area (Å²) >= 11 is 1.32. The Morgan fingerprint density at radius 2 is 2.42 bits per heavy atom. The Bertz CT molecular complexity index is 270. The van der Waals surface area contributed by atoms with E-state index in [1.807, 2.05) is 6.92 Å². The second-order valence-corrected chi connectivity index (χ2v) is 4.20. The first-order chi connectivity index (χ1) is 5.77. The van der Waals surface area contributed by atoms with Crippen LogP contribution in [0, 0.1) is 12.8 Å². The van der Waals surface area contributed by atoms with E-state index in [0.29, 0.717) is 0 Å². The van der Waals surface area contributed by atoms with Crippen molar-refractivity contribution in [2.75, 3.05) is 0 Å². The molecule has 12 heavy (non-hydrogen) atoms. The highest BCUT2D eigenvalue weighted by Gasteiger charge is 2.26. The molecule has 1 aromatic rings. The Morgan fingerprint density at radius 3 is 2.92 bits per heavy atom. The number of nitrogens with zero attached hydrogens (tertiary/aromatic N) is 2. The number of aliphatic hydroxyl groups is 1. The van der Waals surface area contributed by atoms with Gasteiger partial charge in [-0.15, -0.1) is 5.10 Å². The van der Waals surface area contributed by atoms with Crippen molar-refractivity contribution < 1.29 is 5.11 Å². The highest BCUT2D eigenvalue weighted by Crippen LogP contribution is 2.38. The summed E-state index contributed by atoms with van der Waals surface area (Å²) in [7, 11) is 0. The fourth-order valence-electron chi connectivity index (χ4n) is 1.32. The van der Waals surface area contributed by atoms with Crippen molar-refractivity contribution in [1.29, 1.82) is 0 Å². The largest absolute Gasteiger partial charge is 0.387 e. The molecule has 1 saturated carbocycles. The van der Waals surface area contributed by atoms with E-state index in [0.717, 1.165) is 22.9 Å². The van der Waals surface area contributed by atoms with Gasteiger partial charge in [0.05, 0.1) is 16.7 Å². The van der Waals surface area contributed by atoms with Gasteiger partial charge in [0.25, 0.3) is 0 Å². The molecule has 1 aliphatic rings. The smallest absolute Gasteiger partial charge is 0.0919 e. The molecule has 1 aliphatic carbocycles. The highest BCUT2D eigenvalue weighted by molar-refractivity contribution is 7.05. The molecule has 0 saturated heterocycles. The van der Waals surface area contributed by atoms with Gasteiger partial charge in [-0.1, -0.05) is 17.3 Å². The SMILES string of the molecule is Cc1nnsc1C(O)CC1CC1. The summed E-state index contributed by atoms with van der Waals surface area (Å²) < 4.78 is 3.80. The maximum atomic E-state index is 9.73. The average molecular weight is 184 g/mol. The van der Waals surface area contributed by atoms with Crippen molar-refractivity contribution in [3.05, 3.63) is 10.6 Å². The van der Waals surface area contributed by atoms with Gasteiger partial charge in [0.2, 0.25) is 0 Å². The first-order valence-electron chi connectivity index (χ1n) is 4.24. The molecule has 1 aromatic heterocycles. The van der Waals surface area contributed by atoms with E-state index in [1.165, 1.54) is 24.4 Å². The molecular formula is C8H12N2OS. The minimum Gasteiger partial charge on any atom is -0.387 e. The van der Waals surface area contributed by atoms with Crippen LogP contribution in [0.5, 0.6) is 0 Å². The molecule has 1 N–H and O–H groups in total. The molecule has 0 aromatic carbocycles. The molecule has 0 amide bonds. The standard InChI is InChI=1S/C8H12N2OS/c1-5-8(12-10-9-5)7(11)4-6-2-3-6/h6-7,11H,2-4H2,1H3. The number of aryl methyl sites for hydroxylation is 1. The Morgan fingerprint density at radius 1 is 1.67 bits per heavy atom. The van der Waals surface area contributed by atoms with Gasteiger partial charge in [0.15, 0.2) is 0 Å². The molecule has 0 radical (unpaired) electrons. The monoisotopic (exact) mass is 184 g/mol. The number of aromatic nitrogens is 2. The number of hydrogen-bond acceptors (Lipinski definition) is 4. The molecule has 0 bridgehead atoms. The van der Waals surface area contributed by atoms with Gasteiger partial charge in [0.1, 0.15) is 0 Å². The van der Waals surface area contributed by atoms with Crippen LogP contribution in [0.15, 0.2) is 0 Å². The number of hydrogen-bond donors (Lipinski definition) is 1. The van der Waals surface area contributed by atoms with E-state index in [-0.39, 0.29) is 6.10 Å². The molecule has 0 aliphatic heterocycles. The second kappa shape index (κ2) is 3.11. The summed E-state index contributed by atoms with van der Waals surface area (Å²) in [4.78, 5) is 0.946. The predicted octanol–water partition coefficient (Wildman–Crippen LogP) is 1.68. The zero-order valence-electron chi connectivity index (χ0n) is 7.03. The van der Waals surface area contributed by atoms with Crippen LogP contribution in [0.2, 0.25) is 0 Å². The van der Waals surface area contributed by atoms with Crippen LogP contribution in [0.1, 0.15) is 35.9 Å². The Labute approximate surface area is 75.6 Å². The Hall–Kier alpha value is -0.480. The third-order valence-corrected chi connectivity index (χ3v) is 3.17. The van der Waals surface area contributed by atoms with Gasteiger partial charge >= 0.3 is 0 Å². The molecule has 2 rings (SSSR count). The average Bonchev–Trinajstić information content (AvgIpc) is 2.72. The van der Waals surface area contributed by atoms with Crippen LogP contribution in [0.4, 0.5) is 0 Å². The van der Waals surface area contributed by atoms with E-state index in [4.69, 9.17) is 0 Å². The molecule has 0 spiro atoms. The third-order valence-electron chi connectivity index (χ3n) is 2.24. The molecule has 1 unspecified atom stereocenters. The summed E-state index contributed by atoms with van der Waals surface area (Å²) in [6, 6.07) is 0. The second-order valence-electron chi connectivity index (χ2n) is 3.42. The summed E-state index contributed by atoms with van der Waals surface area (Å²) in [6.45, 7) is 1.90. The lowest BCUT2D eigenvalue weighted by molar-refractivity contribution is 0.163. The molecular weight excluding hydrogens is 172 g/mol. The lowest BCUT2D eigenvalue weighted by Gasteiger charge is -2.06. The molecule has 1 atom stereocenters. The van der Waals surface area contributed by atoms with E-state index < -0.39 is 0 Å². The van der Waals surface area contributed by atoms with Gasteiger partial charge < -0.3 is 5.11 Å². The van der Waals surface area contributed by atoms with E-state index in [2.05, 4.69) is 9.59 Å². The van der Waals surface area contributed by atoms with Crippen molar-refractivity contribution in [2.45, 2.75) is 32.3 Å². The summed E-state index contributed by atoms with van der Waals surface area (Å²) in [5.41, 5.74) is 0.883. The molecule has 1 fully saturated rings. The first-order valence-corrected chi connectivity index (χ1v) is 5.01. The van der Waals surface area contributed by atoms with Crippen LogP contribution in [0.3, 0.4) is 0 Å². The lowest BCUT2D eigenvalue weighted by Crippen LogP contribution is -1.97. The van der Waals surface area contributed by atoms with Gasteiger partial charge in [-0.2, -0.15) is 0 Å². The third kappa shape index (κ3) is 1.64. The topological polar surface area (TPSA) is 46.0 Å². The summed E-state index contributed by atoms with van der Waals surface area (Å²) in [5, 5.41) is 13.6. The molecule has 66 valence electrons. The van der Waals surface area contributed by atoms with Crippen molar-refractivity contribution in [3.63, 3.8) is 0 Å². The maximum Gasteiger partial charge on any atom is 0.0919 e. The van der Waals surface area contributed by atoms with Crippen molar-refractivity contribution >= 4 is 11.5 Å². The molecule has 4 heteroatoms. The van der Waals surface area contributed by atoms with Crippen LogP contribution in [0.25, 0.3) is 0 Å². The maximum absolute atomic E-state index is 9.73. The van der Waals surface area contributed by atoms with Gasteiger partial charge in [-0.25, -0.2) is 0 Å². The fraction of sp³-hybridized carbons (Fsp3) is 0.750. The Balaban J connectivity index is 2.02. The van der Waals surface area contributed by atoms with Crippen molar-refractivity contribution in [2.24, 2.45) is 5.92 Å². The summed E-state index contributed by atoms with van der Waals surface area (Å²) in [6.07, 6.45) is 3.13. The van der Waals surface area contributed by atoms with E-state index >= 15 is 0 Å². The predicted molar refractivity (Wildman–Crippen MR) is 46.9 cm³/mol. The first kappa shape index (κ1) is 8.13. The van der Waals surface area contributed by atoms with Crippen LogP contribution >= 0.6 is 11.5 Å². The minimum atomic E-state index is -0.322. The van der Waals surface area contributed by atoms with Crippen molar-refractivity contribution in [3.8, 4) is 0 Å². The fourth-order valence-corrected chi connectivity index (χ4v) is 1.96. The van der Waals surface area contributed by atoms with Crippen LogP contribution < -0.4 is 0 Å². The summed E-state index contributed by atoms with van der Waals surface area (Å²) in [5.74, 6) is 0.751. The number of aliphatic hydroxyl groups excluding tert-OH is 1. The Kier molecular flexibility index (Phi) is 2.11. The van der Waals surface area contributed by atoms with Crippen molar-refractivity contribution in [1.82, 2.24) is 9.59 Å². The zero-order valence-corrected chi connectivity index (χ0v) is 7.84. The normalized spacial score (nSPS) is 19.5. The lowest BCUT2D eigenvalue weighted by atomic mass is 10.1. The number of rotatable bonds is 3. The van der Waals surface area contributed by atoms with Gasteiger partial charge in [0, 0.05) is 0 Å². The highest BCUT2D eigenvalue weighted by atomic mass is 32.1. The van der Waals surface area contributed by atoms with Crippen LogP contribution in [-0.2, 0) is 0 Å². The van der Waals surface area contributed by atoms with Gasteiger partial charge in [-0.05, 0) is 30.8 Å². The molecule has 1 heterocycles. The minimum absolute atomic E-state index is 0.322. The zero-order chi connectivity index (χ0) is 8.55. The van der Waals surface area contributed by atoms with E-state index in [9.17, 15) is 5.11 Å². The molecule has 3 nitrogen and oxygen atoms in total. The van der Waals surface area contributed by atoms with Crippen LogP contribution in [-0.4, -0.2) is 14.7 Å². The quantitative estimate of drug-likeness (QED) is 0.777.